The number of rotatable bonds is 6. The molecular formula is C19H30N4O2. The average molecular weight is 346 g/mol. The van der Waals surface area contributed by atoms with Crippen molar-refractivity contribution in [2.75, 3.05) is 25.2 Å². The number of nitrogens with zero attached hydrogens (tertiary/aromatic N) is 2. The lowest BCUT2D eigenvalue weighted by Gasteiger charge is -2.34. The van der Waals surface area contributed by atoms with Crippen LogP contribution in [-0.4, -0.2) is 43.2 Å². The van der Waals surface area contributed by atoms with Crippen LogP contribution in [0.15, 0.2) is 12.1 Å². The molecule has 1 saturated carbocycles. The number of ether oxygens (including phenoxy) is 1. The second kappa shape index (κ2) is 8.15. The Morgan fingerprint density at radius 1 is 1.40 bits per heavy atom. The quantitative estimate of drug-likeness (QED) is 0.767. The summed E-state index contributed by atoms with van der Waals surface area (Å²) in [6.07, 6.45) is 5.75. The zero-order chi connectivity index (χ0) is 17.8. The number of aromatic nitrogens is 1. The van der Waals surface area contributed by atoms with Crippen molar-refractivity contribution in [3.63, 3.8) is 0 Å². The molecule has 6 nitrogen and oxygen atoms in total. The predicted molar refractivity (Wildman–Crippen MR) is 98.4 cm³/mol. The molecule has 2 aliphatic rings. The fraction of sp³-hybridized carbons (Fsp3) is 0.684. The summed E-state index contributed by atoms with van der Waals surface area (Å²) in [6.45, 7) is 3.56. The van der Waals surface area contributed by atoms with E-state index in [2.05, 4.69) is 16.3 Å². The number of pyridine rings is 1. The van der Waals surface area contributed by atoms with E-state index in [0.717, 1.165) is 29.9 Å². The van der Waals surface area contributed by atoms with Crippen LogP contribution in [0, 0.1) is 12.8 Å². The van der Waals surface area contributed by atoms with Crippen LogP contribution in [0.3, 0.4) is 0 Å². The number of methoxy groups -OCH3 is 1. The largest absolute Gasteiger partial charge is 0.383 e. The van der Waals surface area contributed by atoms with Crippen LogP contribution in [-0.2, 0) is 16.1 Å². The number of carbonyl (C=O) groups excluding carboxylic acids is 1. The third-order valence-corrected chi connectivity index (χ3v) is 5.50. The molecule has 1 amide bonds. The zero-order valence-corrected chi connectivity index (χ0v) is 15.3. The van der Waals surface area contributed by atoms with E-state index in [1.54, 1.807) is 7.11 Å². The minimum Gasteiger partial charge on any atom is -0.383 e. The molecule has 3 atom stereocenters. The minimum atomic E-state index is -0.148. The van der Waals surface area contributed by atoms with Crippen molar-refractivity contribution in [3.05, 3.63) is 23.4 Å². The molecule has 25 heavy (non-hydrogen) atoms. The molecule has 0 spiro atoms. The van der Waals surface area contributed by atoms with Gasteiger partial charge in [-0.3, -0.25) is 4.79 Å². The van der Waals surface area contributed by atoms with Crippen LogP contribution in [0.2, 0.25) is 0 Å². The van der Waals surface area contributed by atoms with Gasteiger partial charge in [0.05, 0.1) is 6.61 Å². The lowest BCUT2D eigenvalue weighted by atomic mass is 9.84. The molecule has 1 aliphatic heterocycles. The van der Waals surface area contributed by atoms with E-state index in [9.17, 15) is 4.79 Å². The summed E-state index contributed by atoms with van der Waals surface area (Å²) >= 11 is 0. The van der Waals surface area contributed by atoms with Crippen molar-refractivity contribution in [1.82, 2.24) is 10.3 Å². The van der Waals surface area contributed by atoms with Gasteiger partial charge in [-0.1, -0.05) is 12.8 Å². The third-order valence-electron chi connectivity index (χ3n) is 5.50. The Labute approximate surface area is 150 Å². The summed E-state index contributed by atoms with van der Waals surface area (Å²) in [4.78, 5) is 19.9. The van der Waals surface area contributed by atoms with Gasteiger partial charge in [0.1, 0.15) is 11.9 Å². The highest BCUT2D eigenvalue weighted by Crippen LogP contribution is 2.42. The first-order chi connectivity index (χ1) is 12.1. The normalized spacial score (nSPS) is 25.7. The van der Waals surface area contributed by atoms with Gasteiger partial charge in [-0.25, -0.2) is 4.98 Å². The number of amides is 1. The van der Waals surface area contributed by atoms with Crippen LogP contribution in [0.25, 0.3) is 0 Å². The van der Waals surface area contributed by atoms with E-state index in [-0.39, 0.29) is 11.9 Å². The number of carbonyl (C=O) groups is 1. The summed E-state index contributed by atoms with van der Waals surface area (Å²) < 4.78 is 5.05. The first-order valence-corrected chi connectivity index (χ1v) is 9.36. The molecule has 1 saturated heterocycles. The Balaban J connectivity index is 1.87. The van der Waals surface area contributed by atoms with Crippen molar-refractivity contribution < 1.29 is 9.53 Å². The molecule has 2 heterocycles. The Hall–Kier alpha value is -1.66. The molecule has 0 unspecified atom stereocenters. The maximum absolute atomic E-state index is 12.8. The molecule has 3 rings (SSSR count). The van der Waals surface area contributed by atoms with Gasteiger partial charge in [0.15, 0.2) is 0 Å². The average Bonchev–Trinajstić information content (AvgIpc) is 3.01. The van der Waals surface area contributed by atoms with E-state index in [1.165, 1.54) is 19.3 Å². The zero-order valence-electron chi connectivity index (χ0n) is 15.3. The van der Waals surface area contributed by atoms with E-state index >= 15 is 0 Å². The van der Waals surface area contributed by atoms with Crippen molar-refractivity contribution in [3.8, 4) is 0 Å². The summed E-state index contributed by atoms with van der Waals surface area (Å²) in [7, 11) is 1.65. The molecule has 2 fully saturated rings. The maximum Gasteiger partial charge on any atom is 0.242 e. The highest BCUT2D eigenvalue weighted by Gasteiger charge is 2.45. The lowest BCUT2D eigenvalue weighted by Crippen LogP contribution is -2.47. The Morgan fingerprint density at radius 3 is 2.96 bits per heavy atom. The van der Waals surface area contributed by atoms with Crippen LogP contribution < -0.4 is 16.0 Å². The monoisotopic (exact) mass is 346 g/mol. The topological polar surface area (TPSA) is 80.5 Å². The summed E-state index contributed by atoms with van der Waals surface area (Å²) in [5.74, 6) is 1.57. The number of anilines is 1. The first-order valence-electron chi connectivity index (χ1n) is 9.36. The minimum absolute atomic E-state index is 0.0871. The van der Waals surface area contributed by atoms with Gasteiger partial charge < -0.3 is 20.7 Å². The van der Waals surface area contributed by atoms with Gasteiger partial charge in [0, 0.05) is 31.9 Å². The maximum atomic E-state index is 12.8. The van der Waals surface area contributed by atoms with E-state index in [4.69, 9.17) is 15.5 Å². The fourth-order valence-electron chi connectivity index (χ4n) is 4.39. The second-order valence-electron chi connectivity index (χ2n) is 7.23. The number of nitrogens with one attached hydrogen (secondary N) is 1. The second-order valence-corrected chi connectivity index (χ2v) is 7.23. The highest BCUT2D eigenvalue weighted by atomic mass is 16.5. The summed E-state index contributed by atoms with van der Waals surface area (Å²) in [6, 6.07) is 4.34. The van der Waals surface area contributed by atoms with Crippen molar-refractivity contribution >= 4 is 11.7 Å². The van der Waals surface area contributed by atoms with Gasteiger partial charge in [-0.05, 0) is 49.8 Å². The Morgan fingerprint density at radius 2 is 2.20 bits per heavy atom. The molecule has 1 aromatic heterocycles. The number of hydrogen-bond acceptors (Lipinski definition) is 5. The van der Waals surface area contributed by atoms with Gasteiger partial charge in [-0.2, -0.15) is 0 Å². The Kier molecular flexibility index (Phi) is 5.91. The van der Waals surface area contributed by atoms with Gasteiger partial charge in [0.25, 0.3) is 0 Å². The number of nitrogens with two attached hydrogens (primary N) is 1. The van der Waals surface area contributed by atoms with Crippen LogP contribution in [0.1, 0.15) is 43.4 Å². The van der Waals surface area contributed by atoms with Gasteiger partial charge in [0.2, 0.25) is 5.91 Å². The molecule has 0 bridgehead atoms. The van der Waals surface area contributed by atoms with Crippen molar-refractivity contribution in [2.24, 2.45) is 11.7 Å². The molecule has 1 aromatic rings. The summed E-state index contributed by atoms with van der Waals surface area (Å²) in [5, 5.41) is 3.02. The number of aryl methyl sites for hydroxylation is 1. The molecule has 6 heteroatoms. The van der Waals surface area contributed by atoms with E-state index in [0.29, 0.717) is 31.7 Å². The highest BCUT2D eigenvalue weighted by molar-refractivity contribution is 5.86. The number of fused-ring (bicyclic) bond motifs is 1. The molecule has 0 radical (unpaired) electrons. The van der Waals surface area contributed by atoms with Gasteiger partial charge >= 0.3 is 0 Å². The Bertz CT molecular complexity index is 607. The van der Waals surface area contributed by atoms with Crippen molar-refractivity contribution in [1.29, 1.82) is 0 Å². The van der Waals surface area contributed by atoms with Crippen molar-refractivity contribution in [2.45, 2.75) is 57.7 Å². The molecular weight excluding hydrogens is 316 g/mol. The number of hydrogen-bond donors (Lipinski definition) is 2. The van der Waals surface area contributed by atoms with Gasteiger partial charge in [-0.15, -0.1) is 0 Å². The molecule has 1 aliphatic carbocycles. The fourth-order valence-corrected chi connectivity index (χ4v) is 4.39. The standard InChI is InChI=1S/C19H30N4O2/c1-13-9-14(12-20)10-18(22-13)23-16-6-4-3-5-15(16)11-17(23)19(24)21-7-8-25-2/h9-10,15-17H,3-8,11-12,20H2,1-2H3,(H,21,24)/t15-,16-,17-/m0/s1. The van der Waals surface area contributed by atoms with Crippen LogP contribution in [0.5, 0.6) is 0 Å². The first kappa shape index (κ1) is 18.1. The lowest BCUT2D eigenvalue weighted by molar-refractivity contribution is -0.122. The summed E-state index contributed by atoms with van der Waals surface area (Å²) in [5.41, 5.74) is 7.88. The van der Waals surface area contributed by atoms with Crippen LogP contribution >= 0.6 is 0 Å². The molecule has 3 N–H and O–H groups in total. The van der Waals surface area contributed by atoms with E-state index < -0.39 is 0 Å². The molecule has 138 valence electrons. The van der Waals surface area contributed by atoms with Crippen LogP contribution in [0.4, 0.5) is 5.82 Å². The van der Waals surface area contributed by atoms with E-state index in [1.807, 2.05) is 13.0 Å². The SMILES string of the molecule is COCCNC(=O)[C@@H]1C[C@@H]2CCCC[C@@H]2N1c1cc(CN)cc(C)n1. The molecule has 0 aromatic carbocycles. The third kappa shape index (κ3) is 3.96. The predicted octanol–water partition coefficient (Wildman–Crippen LogP) is 1.75. The smallest absolute Gasteiger partial charge is 0.242 e.